The van der Waals surface area contributed by atoms with E-state index in [1.54, 1.807) is 0 Å². The summed E-state index contributed by atoms with van der Waals surface area (Å²) in [5.41, 5.74) is 0.770. The first kappa shape index (κ1) is 15.4. The number of piperidine rings is 1. The summed E-state index contributed by atoms with van der Waals surface area (Å²) in [6, 6.07) is 3.93. The van der Waals surface area contributed by atoms with Crippen molar-refractivity contribution in [2.75, 3.05) is 24.5 Å². The minimum absolute atomic E-state index is 0.0570. The van der Waals surface area contributed by atoms with Crippen molar-refractivity contribution in [1.29, 1.82) is 0 Å². The van der Waals surface area contributed by atoms with Crippen molar-refractivity contribution in [3.05, 3.63) is 18.0 Å². The van der Waals surface area contributed by atoms with Crippen LogP contribution in [0, 0.1) is 11.8 Å². The molecule has 2 aromatic heterocycles. The van der Waals surface area contributed by atoms with Crippen molar-refractivity contribution in [3.8, 4) is 0 Å². The minimum atomic E-state index is 0.0570. The number of nitrogens with zero attached hydrogens (tertiary/aromatic N) is 5. The van der Waals surface area contributed by atoms with E-state index in [1.807, 2.05) is 23.6 Å². The van der Waals surface area contributed by atoms with Crippen LogP contribution in [-0.4, -0.2) is 45.4 Å². The molecule has 2 aliphatic rings. The van der Waals surface area contributed by atoms with Gasteiger partial charge >= 0.3 is 0 Å². The van der Waals surface area contributed by atoms with Crippen molar-refractivity contribution >= 4 is 17.4 Å². The molecule has 1 N–H and O–H groups in total. The van der Waals surface area contributed by atoms with E-state index in [0.29, 0.717) is 0 Å². The summed E-state index contributed by atoms with van der Waals surface area (Å²) in [5, 5.41) is 16.1. The molecule has 1 amide bonds. The monoisotopic (exact) mass is 328 g/mol. The zero-order chi connectivity index (χ0) is 16.5. The number of carbonyl (C=O) groups excluding carboxylic acids is 1. The number of anilines is 1. The molecule has 1 aliphatic carbocycles. The van der Waals surface area contributed by atoms with Gasteiger partial charge in [-0.15, -0.1) is 15.3 Å². The van der Waals surface area contributed by atoms with Crippen LogP contribution in [-0.2, 0) is 11.2 Å². The first-order chi connectivity index (χ1) is 11.7. The molecule has 1 aliphatic heterocycles. The highest BCUT2D eigenvalue weighted by atomic mass is 16.1. The number of fused-ring (bicyclic) bond motifs is 1. The predicted octanol–water partition coefficient (Wildman–Crippen LogP) is 1.43. The Labute approximate surface area is 141 Å². The minimum Gasteiger partial charge on any atom is -0.356 e. The van der Waals surface area contributed by atoms with Crippen LogP contribution in [0.4, 0.5) is 5.82 Å². The Morgan fingerprint density at radius 1 is 1.29 bits per heavy atom. The predicted molar refractivity (Wildman–Crippen MR) is 90.8 cm³/mol. The smallest absolute Gasteiger partial charge is 0.224 e. The second-order valence-corrected chi connectivity index (χ2v) is 6.91. The standard InChI is InChI=1S/C17H24N6O/c1-2-14-19-20-15-7-8-16(21-23(14)15)22-9-3-4-13(11-22)17(24)18-10-12-5-6-12/h7-8,12-13H,2-6,9-11H2,1H3,(H,18,24)/t13-/m0/s1. The van der Waals surface area contributed by atoms with Crippen LogP contribution in [0.15, 0.2) is 12.1 Å². The third-order valence-electron chi connectivity index (χ3n) is 5.01. The second-order valence-electron chi connectivity index (χ2n) is 6.91. The maximum Gasteiger partial charge on any atom is 0.224 e. The van der Waals surface area contributed by atoms with E-state index in [1.165, 1.54) is 12.8 Å². The summed E-state index contributed by atoms with van der Waals surface area (Å²) in [7, 11) is 0. The molecule has 0 spiro atoms. The Bertz CT molecular complexity index is 738. The molecule has 3 heterocycles. The van der Waals surface area contributed by atoms with Crippen LogP contribution in [0.3, 0.4) is 0 Å². The summed E-state index contributed by atoms with van der Waals surface area (Å²) >= 11 is 0. The normalized spacial score (nSPS) is 21.2. The maximum absolute atomic E-state index is 12.4. The van der Waals surface area contributed by atoms with Gasteiger partial charge in [-0.05, 0) is 43.7 Å². The fourth-order valence-corrected chi connectivity index (χ4v) is 3.32. The lowest BCUT2D eigenvalue weighted by Gasteiger charge is -2.32. The van der Waals surface area contributed by atoms with E-state index in [4.69, 9.17) is 5.10 Å². The van der Waals surface area contributed by atoms with E-state index in [2.05, 4.69) is 20.4 Å². The van der Waals surface area contributed by atoms with Gasteiger partial charge < -0.3 is 10.2 Å². The highest BCUT2D eigenvalue weighted by molar-refractivity contribution is 5.79. The SMILES string of the molecule is CCc1nnc2ccc(N3CCC[C@H](C(=O)NCC4CC4)C3)nn12. The molecule has 0 unspecified atom stereocenters. The highest BCUT2D eigenvalue weighted by Gasteiger charge is 2.28. The fraction of sp³-hybridized carbons (Fsp3) is 0.647. The van der Waals surface area contributed by atoms with Gasteiger partial charge in [-0.2, -0.15) is 4.52 Å². The summed E-state index contributed by atoms with van der Waals surface area (Å²) in [6.07, 6.45) is 5.30. The average molecular weight is 328 g/mol. The van der Waals surface area contributed by atoms with Crippen molar-refractivity contribution in [2.24, 2.45) is 11.8 Å². The van der Waals surface area contributed by atoms with E-state index in [9.17, 15) is 4.79 Å². The van der Waals surface area contributed by atoms with Crippen molar-refractivity contribution < 1.29 is 4.79 Å². The number of hydrogen-bond acceptors (Lipinski definition) is 5. The Kier molecular flexibility index (Phi) is 4.08. The van der Waals surface area contributed by atoms with Crippen LogP contribution in [0.2, 0.25) is 0 Å². The molecule has 128 valence electrons. The molecular formula is C17H24N6O. The first-order valence-electron chi connectivity index (χ1n) is 8.98. The first-order valence-corrected chi connectivity index (χ1v) is 8.98. The summed E-state index contributed by atoms with van der Waals surface area (Å²) in [6.45, 7) is 4.57. The summed E-state index contributed by atoms with van der Waals surface area (Å²) in [4.78, 5) is 14.6. The average Bonchev–Trinajstić information content (AvgIpc) is 3.37. The largest absolute Gasteiger partial charge is 0.356 e. The van der Waals surface area contributed by atoms with Crippen LogP contribution < -0.4 is 10.2 Å². The summed E-state index contributed by atoms with van der Waals surface area (Å²) < 4.78 is 1.81. The number of hydrogen-bond donors (Lipinski definition) is 1. The Hall–Kier alpha value is -2.18. The zero-order valence-electron chi connectivity index (χ0n) is 14.1. The van der Waals surface area contributed by atoms with Gasteiger partial charge in [0.1, 0.15) is 5.82 Å². The third kappa shape index (κ3) is 3.07. The van der Waals surface area contributed by atoms with Gasteiger partial charge in [0, 0.05) is 26.1 Å². The maximum atomic E-state index is 12.4. The molecule has 0 radical (unpaired) electrons. The van der Waals surface area contributed by atoms with Gasteiger partial charge in [-0.3, -0.25) is 4.79 Å². The van der Waals surface area contributed by atoms with Gasteiger partial charge in [0.05, 0.1) is 5.92 Å². The van der Waals surface area contributed by atoms with Gasteiger partial charge in [-0.1, -0.05) is 6.92 Å². The lowest BCUT2D eigenvalue weighted by Crippen LogP contribution is -2.44. The van der Waals surface area contributed by atoms with E-state index in [0.717, 1.165) is 62.1 Å². The Balaban J connectivity index is 1.47. The number of carbonyl (C=O) groups is 1. The van der Waals surface area contributed by atoms with E-state index >= 15 is 0 Å². The molecule has 7 heteroatoms. The molecule has 4 rings (SSSR count). The van der Waals surface area contributed by atoms with Crippen LogP contribution in [0.25, 0.3) is 5.65 Å². The number of rotatable bonds is 5. The molecule has 0 bridgehead atoms. The summed E-state index contributed by atoms with van der Waals surface area (Å²) in [5.74, 6) is 2.74. The Morgan fingerprint density at radius 3 is 2.96 bits per heavy atom. The molecule has 24 heavy (non-hydrogen) atoms. The van der Waals surface area contributed by atoms with Gasteiger partial charge in [0.2, 0.25) is 5.91 Å². The lowest BCUT2D eigenvalue weighted by molar-refractivity contribution is -0.125. The van der Waals surface area contributed by atoms with Gasteiger partial charge in [-0.25, -0.2) is 0 Å². The van der Waals surface area contributed by atoms with E-state index < -0.39 is 0 Å². The molecular weight excluding hydrogens is 304 g/mol. The third-order valence-corrected chi connectivity index (χ3v) is 5.01. The van der Waals surface area contributed by atoms with Gasteiger partial charge in [0.25, 0.3) is 0 Å². The molecule has 7 nitrogen and oxygen atoms in total. The van der Waals surface area contributed by atoms with E-state index in [-0.39, 0.29) is 11.8 Å². The van der Waals surface area contributed by atoms with Crippen molar-refractivity contribution in [1.82, 2.24) is 25.1 Å². The quantitative estimate of drug-likeness (QED) is 0.898. The molecule has 2 aromatic rings. The number of nitrogens with one attached hydrogen (secondary N) is 1. The molecule has 1 atom stereocenters. The Morgan fingerprint density at radius 2 is 2.17 bits per heavy atom. The fourth-order valence-electron chi connectivity index (χ4n) is 3.32. The van der Waals surface area contributed by atoms with Crippen molar-refractivity contribution in [2.45, 2.75) is 39.0 Å². The number of amides is 1. The topological polar surface area (TPSA) is 75.4 Å². The molecule has 0 aromatic carbocycles. The zero-order valence-corrected chi connectivity index (χ0v) is 14.1. The lowest BCUT2D eigenvalue weighted by atomic mass is 9.97. The molecule has 1 saturated heterocycles. The van der Waals surface area contributed by atoms with Crippen molar-refractivity contribution in [3.63, 3.8) is 0 Å². The second kappa shape index (κ2) is 6.37. The number of aryl methyl sites for hydroxylation is 1. The van der Waals surface area contributed by atoms with Crippen LogP contribution in [0.1, 0.15) is 38.4 Å². The molecule has 1 saturated carbocycles. The highest BCUT2D eigenvalue weighted by Crippen LogP contribution is 2.28. The van der Waals surface area contributed by atoms with Crippen LogP contribution in [0.5, 0.6) is 0 Å². The van der Waals surface area contributed by atoms with Crippen LogP contribution >= 0.6 is 0 Å². The van der Waals surface area contributed by atoms with Gasteiger partial charge in [0.15, 0.2) is 11.5 Å². The molecule has 2 fully saturated rings. The number of aromatic nitrogens is 4.